The van der Waals surface area contributed by atoms with Crippen molar-refractivity contribution in [2.75, 3.05) is 12.3 Å². The Morgan fingerprint density at radius 1 is 1.40 bits per heavy atom. The summed E-state index contributed by atoms with van der Waals surface area (Å²) in [6.07, 6.45) is 1.81. The Labute approximate surface area is 117 Å². The lowest BCUT2D eigenvalue weighted by molar-refractivity contribution is 0.0940. The number of hydrogen-bond donors (Lipinski definition) is 3. The van der Waals surface area contributed by atoms with Gasteiger partial charge >= 0.3 is 0 Å². The molecule has 1 atom stereocenters. The van der Waals surface area contributed by atoms with Crippen LogP contribution in [0.1, 0.15) is 23.8 Å². The molecule has 1 aromatic carbocycles. The summed E-state index contributed by atoms with van der Waals surface area (Å²) >= 11 is 0. The standard InChI is InChI=1S/C14H18N4O2/c1-10(19)6-8-16-14(20)13-7-9-18(17-13)12-4-2-11(15)3-5-12/h2-5,7,9-10,19H,6,8,15H2,1H3,(H,16,20). The van der Waals surface area contributed by atoms with Crippen LogP contribution in [0.15, 0.2) is 36.5 Å². The molecular formula is C14H18N4O2. The quantitative estimate of drug-likeness (QED) is 0.708. The molecule has 106 valence electrons. The summed E-state index contributed by atoms with van der Waals surface area (Å²) < 4.78 is 1.61. The molecular weight excluding hydrogens is 256 g/mol. The molecule has 0 aliphatic heterocycles. The Morgan fingerprint density at radius 3 is 2.75 bits per heavy atom. The third-order valence-electron chi connectivity index (χ3n) is 2.83. The summed E-state index contributed by atoms with van der Waals surface area (Å²) in [7, 11) is 0. The number of amides is 1. The minimum Gasteiger partial charge on any atom is -0.399 e. The van der Waals surface area contributed by atoms with E-state index in [0.717, 1.165) is 5.69 Å². The highest BCUT2D eigenvalue weighted by atomic mass is 16.3. The molecule has 0 aliphatic rings. The predicted octanol–water partition coefficient (Wildman–Crippen LogP) is 0.955. The molecule has 1 heterocycles. The molecule has 6 heteroatoms. The van der Waals surface area contributed by atoms with Crippen LogP contribution >= 0.6 is 0 Å². The SMILES string of the molecule is CC(O)CCNC(=O)c1ccn(-c2ccc(N)cc2)n1. The number of aliphatic hydroxyl groups excluding tert-OH is 1. The molecule has 0 saturated heterocycles. The van der Waals surface area contributed by atoms with Gasteiger partial charge in [0.15, 0.2) is 5.69 Å². The molecule has 0 aliphatic carbocycles. The van der Waals surface area contributed by atoms with Crippen LogP contribution < -0.4 is 11.1 Å². The molecule has 0 bridgehead atoms. The van der Waals surface area contributed by atoms with Gasteiger partial charge in [0.05, 0.1) is 11.8 Å². The van der Waals surface area contributed by atoms with E-state index in [9.17, 15) is 4.79 Å². The number of nitrogens with two attached hydrogens (primary N) is 1. The van der Waals surface area contributed by atoms with E-state index in [4.69, 9.17) is 10.8 Å². The monoisotopic (exact) mass is 274 g/mol. The maximum atomic E-state index is 11.8. The van der Waals surface area contributed by atoms with Gasteiger partial charge in [-0.1, -0.05) is 0 Å². The highest BCUT2D eigenvalue weighted by Gasteiger charge is 2.09. The fourth-order valence-electron chi connectivity index (χ4n) is 1.70. The van der Waals surface area contributed by atoms with E-state index in [1.54, 1.807) is 36.0 Å². The van der Waals surface area contributed by atoms with Gasteiger partial charge in [0.1, 0.15) is 0 Å². The molecule has 0 spiro atoms. The number of benzene rings is 1. The molecule has 0 fully saturated rings. The van der Waals surface area contributed by atoms with Crippen LogP contribution in [-0.2, 0) is 0 Å². The van der Waals surface area contributed by atoms with Gasteiger partial charge in [0.25, 0.3) is 5.91 Å². The number of aliphatic hydroxyl groups is 1. The van der Waals surface area contributed by atoms with Crippen LogP contribution in [0.25, 0.3) is 5.69 Å². The number of aromatic nitrogens is 2. The lowest BCUT2D eigenvalue weighted by Gasteiger charge is -2.05. The first-order valence-corrected chi connectivity index (χ1v) is 6.44. The molecule has 1 amide bonds. The Morgan fingerprint density at radius 2 is 2.10 bits per heavy atom. The third-order valence-corrected chi connectivity index (χ3v) is 2.83. The molecule has 2 rings (SSSR count). The maximum absolute atomic E-state index is 11.8. The average Bonchev–Trinajstić information content (AvgIpc) is 2.88. The number of hydrogen-bond acceptors (Lipinski definition) is 4. The minimum atomic E-state index is -0.428. The summed E-state index contributed by atoms with van der Waals surface area (Å²) in [4.78, 5) is 11.8. The van der Waals surface area contributed by atoms with E-state index >= 15 is 0 Å². The zero-order valence-corrected chi connectivity index (χ0v) is 11.3. The molecule has 4 N–H and O–H groups in total. The molecule has 0 radical (unpaired) electrons. The molecule has 20 heavy (non-hydrogen) atoms. The Hall–Kier alpha value is -2.34. The number of nitrogen functional groups attached to an aromatic ring is 1. The minimum absolute atomic E-state index is 0.250. The lowest BCUT2D eigenvalue weighted by Crippen LogP contribution is -2.27. The van der Waals surface area contributed by atoms with Gasteiger partial charge in [0, 0.05) is 18.4 Å². The zero-order valence-electron chi connectivity index (χ0n) is 11.3. The largest absolute Gasteiger partial charge is 0.399 e. The Kier molecular flexibility index (Phi) is 4.37. The number of carbonyl (C=O) groups excluding carboxylic acids is 1. The molecule has 0 saturated carbocycles. The van der Waals surface area contributed by atoms with Gasteiger partial charge in [-0.2, -0.15) is 5.10 Å². The van der Waals surface area contributed by atoms with Gasteiger partial charge in [-0.15, -0.1) is 0 Å². The van der Waals surface area contributed by atoms with E-state index in [2.05, 4.69) is 10.4 Å². The van der Waals surface area contributed by atoms with E-state index in [0.29, 0.717) is 24.3 Å². The number of anilines is 1. The number of nitrogens with zero attached hydrogens (tertiary/aromatic N) is 2. The number of nitrogens with one attached hydrogen (secondary N) is 1. The molecule has 1 aromatic heterocycles. The zero-order chi connectivity index (χ0) is 14.5. The fraction of sp³-hybridized carbons (Fsp3) is 0.286. The first-order chi connectivity index (χ1) is 9.56. The molecule has 6 nitrogen and oxygen atoms in total. The average molecular weight is 274 g/mol. The summed E-state index contributed by atoms with van der Waals surface area (Å²) in [6, 6.07) is 8.86. The second-order valence-electron chi connectivity index (χ2n) is 4.63. The summed E-state index contributed by atoms with van der Waals surface area (Å²) in [5.74, 6) is -0.250. The number of carbonyl (C=O) groups is 1. The summed E-state index contributed by atoms with van der Waals surface area (Å²) in [5, 5.41) is 16.0. The van der Waals surface area contributed by atoms with Gasteiger partial charge in [-0.25, -0.2) is 4.68 Å². The van der Waals surface area contributed by atoms with Crippen LogP contribution in [0.3, 0.4) is 0 Å². The fourth-order valence-corrected chi connectivity index (χ4v) is 1.70. The van der Waals surface area contributed by atoms with Crippen molar-refractivity contribution in [1.82, 2.24) is 15.1 Å². The van der Waals surface area contributed by atoms with Gasteiger partial charge < -0.3 is 16.2 Å². The second kappa shape index (κ2) is 6.21. The van der Waals surface area contributed by atoms with E-state index < -0.39 is 6.10 Å². The lowest BCUT2D eigenvalue weighted by atomic mass is 10.3. The van der Waals surface area contributed by atoms with Crippen molar-refractivity contribution in [2.45, 2.75) is 19.4 Å². The van der Waals surface area contributed by atoms with Crippen molar-refractivity contribution < 1.29 is 9.90 Å². The maximum Gasteiger partial charge on any atom is 0.271 e. The molecule has 1 unspecified atom stereocenters. The molecule has 2 aromatic rings. The normalized spacial score (nSPS) is 12.1. The van der Waals surface area contributed by atoms with Gasteiger partial charge in [-0.05, 0) is 43.7 Å². The van der Waals surface area contributed by atoms with Crippen LogP contribution in [0, 0.1) is 0 Å². The smallest absolute Gasteiger partial charge is 0.271 e. The summed E-state index contributed by atoms with van der Waals surface area (Å²) in [6.45, 7) is 2.10. The van der Waals surface area contributed by atoms with Crippen LogP contribution in [0.2, 0.25) is 0 Å². The van der Waals surface area contributed by atoms with Crippen LogP contribution in [0.4, 0.5) is 5.69 Å². The Bertz CT molecular complexity index is 575. The topological polar surface area (TPSA) is 93.2 Å². The van der Waals surface area contributed by atoms with Crippen LogP contribution in [-0.4, -0.2) is 33.4 Å². The number of rotatable bonds is 5. The predicted molar refractivity (Wildman–Crippen MR) is 76.6 cm³/mol. The van der Waals surface area contributed by atoms with E-state index in [1.165, 1.54) is 0 Å². The highest BCUT2D eigenvalue weighted by Crippen LogP contribution is 2.10. The van der Waals surface area contributed by atoms with Crippen molar-refractivity contribution in [3.8, 4) is 5.69 Å². The highest BCUT2D eigenvalue weighted by molar-refractivity contribution is 5.92. The Balaban J connectivity index is 2.01. The third kappa shape index (κ3) is 3.58. The van der Waals surface area contributed by atoms with E-state index in [1.807, 2.05) is 12.1 Å². The van der Waals surface area contributed by atoms with Crippen molar-refractivity contribution in [3.63, 3.8) is 0 Å². The first-order valence-electron chi connectivity index (χ1n) is 6.44. The van der Waals surface area contributed by atoms with Crippen molar-refractivity contribution in [2.24, 2.45) is 0 Å². The second-order valence-corrected chi connectivity index (χ2v) is 4.63. The first kappa shape index (κ1) is 14.1. The van der Waals surface area contributed by atoms with Crippen LogP contribution in [0.5, 0.6) is 0 Å². The van der Waals surface area contributed by atoms with E-state index in [-0.39, 0.29) is 5.91 Å². The van der Waals surface area contributed by atoms with Crippen molar-refractivity contribution in [3.05, 3.63) is 42.2 Å². The van der Waals surface area contributed by atoms with Crippen molar-refractivity contribution in [1.29, 1.82) is 0 Å². The van der Waals surface area contributed by atoms with Gasteiger partial charge in [0.2, 0.25) is 0 Å². The summed E-state index contributed by atoms with van der Waals surface area (Å²) in [5.41, 5.74) is 7.48. The van der Waals surface area contributed by atoms with Crippen molar-refractivity contribution >= 4 is 11.6 Å². The van der Waals surface area contributed by atoms with Gasteiger partial charge in [-0.3, -0.25) is 4.79 Å².